The molecule has 0 unspecified atom stereocenters. The van der Waals surface area contributed by atoms with Crippen LogP contribution in [0.2, 0.25) is 0 Å². The summed E-state index contributed by atoms with van der Waals surface area (Å²) in [6.45, 7) is 3.22. The number of rotatable bonds is 6. The van der Waals surface area contributed by atoms with Gasteiger partial charge in [-0.25, -0.2) is 4.79 Å². The Kier molecular flexibility index (Phi) is 5.37. The second-order valence-corrected chi connectivity index (χ2v) is 7.53. The number of benzene rings is 1. The summed E-state index contributed by atoms with van der Waals surface area (Å²) in [5.41, 5.74) is 2.33. The summed E-state index contributed by atoms with van der Waals surface area (Å²) >= 11 is 1.54. The Labute approximate surface area is 155 Å². The molecular weight excluding hydrogens is 354 g/mol. The molecule has 0 fully saturated rings. The molecule has 1 N–H and O–H groups in total. The van der Waals surface area contributed by atoms with Crippen molar-refractivity contribution in [3.05, 3.63) is 45.1 Å². The molecule has 0 radical (unpaired) electrons. The van der Waals surface area contributed by atoms with Crippen molar-refractivity contribution < 1.29 is 23.9 Å². The van der Waals surface area contributed by atoms with Crippen molar-refractivity contribution in [2.45, 2.75) is 26.7 Å². The maximum Gasteiger partial charge on any atom is 0.344 e. The quantitative estimate of drug-likeness (QED) is 0.622. The van der Waals surface area contributed by atoms with Crippen LogP contribution in [0.4, 0.5) is 5.69 Å². The number of carbonyl (C=O) groups is 3. The second kappa shape index (κ2) is 7.70. The number of anilines is 1. The van der Waals surface area contributed by atoms with E-state index in [9.17, 15) is 14.4 Å². The van der Waals surface area contributed by atoms with Crippen molar-refractivity contribution in [1.82, 2.24) is 0 Å². The fraction of sp³-hybridized carbons (Fsp3) is 0.316. The summed E-state index contributed by atoms with van der Waals surface area (Å²) in [5.74, 6) is -0.304. The Morgan fingerprint density at radius 3 is 2.69 bits per heavy atom. The number of esters is 1. The van der Waals surface area contributed by atoms with Crippen molar-refractivity contribution >= 4 is 34.7 Å². The summed E-state index contributed by atoms with van der Waals surface area (Å²) in [6, 6.07) is 7.03. The molecule has 1 amide bonds. The first kappa shape index (κ1) is 18.1. The SMILES string of the molecule is Cc1cc(C(=O)COC(=O)COc2ccc3c(c2)CCC(=O)N3)c(C)s1. The minimum Gasteiger partial charge on any atom is -0.482 e. The van der Waals surface area contributed by atoms with Gasteiger partial charge in [-0.15, -0.1) is 11.3 Å². The number of hydrogen-bond donors (Lipinski definition) is 1. The van der Waals surface area contributed by atoms with Crippen LogP contribution >= 0.6 is 11.3 Å². The number of fused-ring (bicyclic) bond motifs is 1. The van der Waals surface area contributed by atoms with Gasteiger partial charge in [0.25, 0.3) is 0 Å². The standard InChI is InChI=1S/C19H19NO5S/c1-11-7-15(12(2)26-11)17(21)9-25-19(23)10-24-14-4-5-16-13(8-14)3-6-18(22)20-16/h4-5,7-8H,3,6,9-10H2,1-2H3,(H,20,22). The normalized spacial score (nSPS) is 12.9. The molecule has 0 spiro atoms. The number of carbonyl (C=O) groups excluding carboxylic acids is 3. The van der Waals surface area contributed by atoms with Crippen LogP contribution in [0.15, 0.2) is 24.3 Å². The fourth-order valence-electron chi connectivity index (χ4n) is 2.76. The lowest BCUT2D eigenvalue weighted by atomic mass is 10.0. The van der Waals surface area contributed by atoms with Crippen molar-refractivity contribution in [2.75, 3.05) is 18.5 Å². The predicted octanol–water partition coefficient (Wildman–Crippen LogP) is 3.05. The molecule has 0 saturated heterocycles. The molecule has 0 bridgehead atoms. The molecule has 0 saturated carbocycles. The van der Waals surface area contributed by atoms with Crippen LogP contribution in [0.1, 0.15) is 32.1 Å². The zero-order chi connectivity index (χ0) is 18.7. The molecule has 26 heavy (non-hydrogen) atoms. The zero-order valence-electron chi connectivity index (χ0n) is 14.6. The van der Waals surface area contributed by atoms with Gasteiger partial charge in [-0.3, -0.25) is 9.59 Å². The molecule has 3 rings (SSSR count). The maximum atomic E-state index is 12.1. The number of nitrogens with one attached hydrogen (secondary N) is 1. The van der Waals surface area contributed by atoms with Gasteiger partial charge in [-0.1, -0.05) is 0 Å². The third-order valence-electron chi connectivity index (χ3n) is 4.03. The molecule has 1 aliphatic rings. The highest BCUT2D eigenvalue weighted by Gasteiger charge is 2.17. The Morgan fingerprint density at radius 2 is 1.96 bits per heavy atom. The van der Waals surface area contributed by atoms with Crippen LogP contribution in [0.25, 0.3) is 0 Å². The van der Waals surface area contributed by atoms with Gasteiger partial charge in [-0.2, -0.15) is 0 Å². The van der Waals surface area contributed by atoms with Gasteiger partial charge < -0.3 is 14.8 Å². The first-order chi connectivity index (χ1) is 12.4. The first-order valence-corrected chi connectivity index (χ1v) is 9.05. The van der Waals surface area contributed by atoms with Crippen LogP contribution < -0.4 is 10.1 Å². The molecule has 136 valence electrons. The van der Waals surface area contributed by atoms with E-state index in [4.69, 9.17) is 9.47 Å². The minimum atomic E-state index is -0.603. The zero-order valence-corrected chi connectivity index (χ0v) is 15.4. The molecule has 2 heterocycles. The van der Waals surface area contributed by atoms with Gasteiger partial charge in [0, 0.05) is 27.4 Å². The topological polar surface area (TPSA) is 81.7 Å². The molecular formula is C19H19NO5S. The first-order valence-electron chi connectivity index (χ1n) is 8.24. The van der Waals surface area contributed by atoms with E-state index in [0.29, 0.717) is 24.2 Å². The average molecular weight is 373 g/mol. The van der Waals surface area contributed by atoms with E-state index in [1.54, 1.807) is 24.3 Å². The molecule has 2 aromatic rings. The lowest BCUT2D eigenvalue weighted by Gasteiger charge is -2.17. The Bertz CT molecular complexity index is 871. The fourth-order valence-corrected chi connectivity index (χ4v) is 3.71. The second-order valence-electron chi connectivity index (χ2n) is 6.07. The van der Waals surface area contributed by atoms with Crippen molar-refractivity contribution in [1.29, 1.82) is 0 Å². The minimum absolute atomic E-state index is 0.00420. The number of thiophene rings is 1. The monoisotopic (exact) mass is 373 g/mol. The van der Waals surface area contributed by atoms with Gasteiger partial charge >= 0.3 is 5.97 Å². The molecule has 1 aromatic heterocycles. The highest BCUT2D eigenvalue weighted by molar-refractivity contribution is 7.12. The molecule has 1 aromatic carbocycles. The Balaban J connectivity index is 1.49. The van der Waals surface area contributed by atoms with Crippen LogP contribution in [0.5, 0.6) is 5.75 Å². The third kappa shape index (κ3) is 4.29. The Hall–Kier alpha value is -2.67. The summed E-state index contributed by atoms with van der Waals surface area (Å²) < 4.78 is 10.4. The van der Waals surface area contributed by atoms with E-state index in [1.165, 1.54) is 11.3 Å². The summed E-state index contributed by atoms with van der Waals surface area (Å²) in [6.07, 6.45) is 1.07. The van der Waals surface area contributed by atoms with E-state index >= 15 is 0 Å². The number of amides is 1. The lowest BCUT2D eigenvalue weighted by molar-refractivity contribution is -0.144. The average Bonchev–Trinajstić information content (AvgIpc) is 2.96. The molecule has 6 nitrogen and oxygen atoms in total. The summed E-state index contributed by atoms with van der Waals surface area (Å²) in [5, 5.41) is 2.78. The van der Waals surface area contributed by atoms with Crippen molar-refractivity contribution in [3.8, 4) is 5.75 Å². The van der Waals surface area contributed by atoms with Gasteiger partial charge in [0.1, 0.15) is 5.75 Å². The highest BCUT2D eigenvalue weighted by Crippen LogP contribution is 2.26. The van der Waals surface area contributed by atoms with Crippen molar-refractivity contribution in [2.24, 2.45) is 0 Å². The third-order valence-corrected chi connectivity index (χ3v) is 5.00. The lowest BCUT2D eigenvalue weighted by Crippen LogP contribution is -2.20. The molecule has 0 aliphatic carbocycles. The van der Waals surface area contributed by atoms with Crippen LogP contribution in [0, 0.1) is 13.8 Å². The van der Waals surface area contributed by atoms with E-state index in [0.717, 1.165) is 21.0 Å². The highest BCUT2D eigenvalue weighted by atomic mass is 32.1. The largest absolute Gasteiger partial charge is 0.482 e. The van der Waals surface area contributed by atoms with E-state index in [-0.39, 0.29) is 24.9 Å². The molecule has 1 aliphatic heterocycles. The van der Waals surface area contributed by atoms with E-state index in [2.05, 4.69) is 5.32 Å². The summed E-state index contributed by atoms with van der Waals surface area (Å²) in [4.78, 5) is 37.2. The number of aryl methyl sites for hydroxylation is 3. The Morgan fingerprint density at radius 1 is 1.15 bits per heavy atom. The number of hydrogen-bond acceptors (Lipinski definition) is 6. The molecule has 0 atom stereocenters. The van der Waals surface area contributed by atoms with Gasteiger partial charge in [0.15, 0.2) is 13.2 Å². The smallest absolute Gasteiger partial charge is 0.344 e. The summed E-state index contributed by atoms with van der Waals surface area (Å²) in [7, 11) is 0. The number of Topliss-reactive ketones (excluding diaryl/α,β-unsaturated/α-hetero) is 1. The van der Waals surface area contributed by atoms with Gasteiger partial charge in [-0.05, 0) is 50.1 Å². The predicted molar refractivity (Wildman–Crippen MR) is 98.0 cm³/mol. The van der Waals surface area contributed by atoms with Crippen LogP contribution in [-0.2, 0) is 20.7 Å². The van der Waals surface area contributed by atoms with Crippen LogP contribution in [0.3, 0.4) is 0 Å². The van der Waals surface area contributed by atoms with Crippen LogP contribution in [-0.4, -0.2) is 30.9 Å². The number of ketones is 1. The van der Waals surface area contributed by atoms with Gasteiger partial charge in [0.2, 0.25) is 11.7 Å². The molecule has 7 heteroatoms. The number of ether oxygens (including phenoxy) is 2. The van der Waals surface area contributed by atoms with Gasteiger partial charge in [0.05, 0.1) is 0 Å². The van der Waals surface area contributed by atoms with E-state index < -0.39 is 5.97 Å². The van der Waals surface area contributed by atoms with Crippen molar-refractivity contribution in [3.63, 3.8) is 0 Å². The maximum absolute atomic E-state index is 12.1. The van der Waals surface area contributed by atoms with E-state index in [1.807, 2.05) is 13.8 Å².